The molecule has 7 nitrogen and oxygen atoms in total. The van der Waals surface area contributed by atoms with Gasteiger partial charge in [0, 0.05) is 0 Å². The lowest BCUT2D eigenvalue weighted by Crippen LogP contribution is -2.59. The first kappa shape index (κ1) is 11.5. The summed E-state index contributed by atoms with van der Waals surface area (Å²) in [7, 11) is 0. The van der Waals surface area contributed by atoms with Crippen LogP contribution < -0.4 is 0 Å². The van der Waals surface area contributed by atoms with Crippen molar-refractivity contribution in [2.75, 3.05) is 6.61 Å². The molecule has 14 heavy (non-hydrogen) atoms. The van der Waals surface area contributed by atoms with E-state index >= 15 is 0 Å². The molecule has 0 unspecified atom stereocenters. The highest BCUT2D eigenvalue weighted by atomic mass is 16.6. The molecule has 0 aromatic carbocycles. The van der Waals surface area contributed by atoms with Crippen LogP contribution in [0.5, 0.6) is 0 Å². The van der Waals surface area contributed by atoms with Crippen LogP contribution in [-0.4, -0.2) is 68.6 Å². The van der Waals surface area contributed by atoms with Gasteiger partial charge in [-0.2, -0.15) is 0 Å². The van der Waals surface area contributed by atoms with Crippen LogP contribution in [0.15, 0.2) is 0 Å². The first-order valence-corrected chi connectivity index (χ1v) is 4.01. The zero-order valence-corrected chi connectivity index (χ0v) is 7.15. The molecular formula is C7H12O7. The molecule has 0 saturated carbocycles. The van der Waals surface area contributed by atoms with Crippen molar-refractivity contribution in [3.63, 3.8) is 0 Å². The Morgan fingerprint density at radius 3 is 2.43 bits per heavy atom. The third kappa shape index (κ3) is 1.92. The molecule has 0 spiro atoms. The summed E-state index contributed by atoms with van der Waals surface area (Å²) in [6.07, 6.45) is -8.22. The van der Waals surface area contributed by atoms with E-state index < -0.39 is 43.1 Å². The second-order valence-electron chi connectivity index (χ2n) is 3.04. The highest BCUT2D eigenvalue weighted by Crippen LogP contribution is 2.18. The highest BCUT2D eigenvalue weighted by Gasteiger charge is 2.45. The average molecular weight is 208 g/mol. The molecule has 0 bridgehead atoms. The summed E-state index contributed by atoms with van der Waals surface area (Å²) in [5, 5.41) is 45.0. The Morgan fingerprint density at radius 2 is 1.93 bits per heavy atom. The predicted octanol–water partition coefficient (Wildman–Crippen LogP) is -3.65. The van der Waals surface area contributed by atoms with Gasteiger partial charge in [-0.3, -0.25) is 4.79 Å². The van der Waals surface area contributed by atoms with Gasteiger partial charge in [-0.15, -0.1) is 0 Å². The topological polar surface area (TPSA) is 127 Å². The van der Waals surface area contributed by atoms with Crippen molar-refractivity contribution in [3.05, 3.63) is 0 Å². The molecule has 0 aromatic rings. The van der Waals surface area contributed by atoms with E-state index in [-0.39, 0.29) is 0 Å². The number of aliphatic hydroxyl groups excluding tert-OH is 5. The molecule has 1 aliphatic rings. The van der Waals surface area contributed by atoms with E-state index in [2.05, 4.69) is 4.74 Å². The summed E-state index contributed by atoms with van der Waals surface area (Å²) in [6.45, 7) is -0.713. The number of hydrogen-bond acceptors (Lipinski definition) is 7. The maximum absolute atomic E-state index is 10.9. The third-order valence-corrected chi connectivity index (χ3v) is 2.05. The number of aliphatic hydroxyl groups is 5. The molecular weight excluding hydrogens is 196 g/mol. The van der Waals surface area contributed by atoms with Crippen LogP contribution in [0.1, 0.15) is 0 Å². The van der Waals surface area contributed by atoms with Crippen molar-refractivity contribution in [2.24, 2.45) is 0 Å². The zero-order chi connectivity index (χ0) is 10.9. The first-order valence-electron chi connectivity index (χ1n) is 4.01. The Morgan fingerprint density at radius 1 is 1.36 bits per heavy atom. The number of ether oxygens (including phenoxy) is 1. The molecule has 5 N–H and O–H groups in total. The number of rotatable bonds is 2. The number of Topliss-reactive ketones (excluding diaryl/α,β-unsaturated/α-hetero) is 1. The lowest BCUT2D eigenvalue weighted by atomic mass is 9.97. The average Bonchev–Trinajstić information content (AvgIpc) is 2.19. The van der Waals surface area contributed by atoms with Crippen LogP contribution in [0.3, 0.4) is 0 Å². The molecule has 1 saturated heterocycles. The van der Waals surface area contributed by atoms with E-state index in [4.69, 9.17) is 20.4 Å². The minimum absolute atomic E-state index is 0.713. The Balaban J connectivity index is 2.75. The predicted molar refractivity (Wildman–Crippen MR) is 41.0 cm³/mol. The van der Waals surface area contributed by atoms with E-state index in [1.165, 1.54) is 0 Å². The second kappa shape index (κ2) is 4.30. The Bertz CT molecular complexity index is 218. The molecule has 0 aliphatic carbocycles. The minimum atomic E-state index is -1.89. The lowest BCUT2D eigenvalue weighted by molar-refractivity contribution is -0.240. The fourth-order valence-electron chi connectivity index (χ4n) is 1.21. The van der Waals surface area contributed by atoms with Gasteiger partial charge in [-0.25, -0.2) is 0 Å². The van der Waals surface area contributed by atoms with Crippen molar-refractivity contribution in [3.8, 4) is 0 Å². The Kier molecular flexibility index (Phi) is 3.53. The second-order valence-corrected chi connectivity index (χ2v) is 3.04. The van der Waals surface area contributed by atoms with Gasteiger partial charge in [-0.1, -0.05) is 0 Å². The van der Waals surface area contributed by atoms with Crippen LogP contribution in [0.2, 0.25) is 0 Å². The summed E-state index contributed by atoms with van der Waals surface area (Å²) in [4.78, 5) is 10.9. The van der Waals surface area contributed by atoms with Gasteiger partial charge in [0.05, 0.1) is 6.61 Å². The maximum atomic E-state index is 10.9. The molecule has 5 atom stereocenters. The van der Waals surface area contributed by atoms with Crippen molar-refractivity contribution in [1.82, 2.24) is 0 Å². The summed E-state index contributed by atoms with van der Waals surface area (Å²) < 4.78 is 4.52. The number of ketones is 1. The monoisotopic (exact) mass is 208 g/mol. The van der Waals surface area contributed by atoms with E-state index in [9.17, 15) is 9.90 Å². The molecule has 0 radical (unpaired) electrons. The van der Waals surface area contributed by atoms with Crippen LogP contribution in [0.4, 0.5) is 0 Å². The van der Waals surface area contributed by atoms with Gasteiger partial charge in [0.1, 0.15) is 24.4 Å². The van der Waals surface area contributed by atoms with Gasteiger partial charge in [0.25, 0.3) is 0 Å². The quantitative estimate of drug-likeness (QED) is 0.316. The summed E-state index contributed by atoms with van der Waals surface area (Å²) in [5.74, 6) is -1.07. The maximum Gasteiger partial charge on any atom is 0.219 e. The standard InChI is InChI=1S/C7H12O7/c8-1-2(9)6-4(11)3(10)5(12)7(13)14-6/h2-4,6-11,13H,1H2/t2-,3-,4-,6-,7-/m1/s1. The van der Waals surface area contributed by atoms with Crippen molar-refractivity contribution < 1.29 is 35.1 Å². The van der Waals surface area contributed by atoms with Gasteiger partial charge < -0.3 is 30.3 Å². The van der Waals surface area contributed by atoms with Crippen molar-refractivity contribution in [2.45, 2.75) is 30.7 Å². The molecule has 1 heterocycles. The summed E-state index contributed by atoms with van der Waals surface area (Å²) in [5.41, 5.74) is 0. The summed E-state index contributed by atoms with van der Waals surface area (Å²) in [6, 6.07) is 0. The number of hydrogen-bond donors (Lipinski definition) is 5. The fraction of sp³-hybridized carbons (Fsp3) is 0.857. The highest BCUT2D eigenvalue weighted by molar-refractivity contribution is 5.87. The molecule has 1 aliphatic heterocycles. The van der Waals surface area contributed by atoms with Gasteiger partial charge in [0.2, 0.25) is 12.1 Å². The van der Waals surface area contributed by atoms with E-state index in [1.54, 1.807) is 0 Å². The molecule has 1 rings (SSSR count). The van der Waals surface area contributed by atoms with Crippen LogP contribution in [-0.2, 0) is 9.53 Å². The number of carbonyl (C=O) groups is 1. The minimum Gasteiger partial charge on any atom is -0.394 e. The van der Waals surface area contributed by atoms with Crippen molar-refractivity contribution >= 4 is 5.78 Å². The lowest BCUT2D eigenvalue weighted by Gasteiger charge is -2.35. The van der Waals surface area contributed by atoms with Crippen molar-refractivity contribution in [1.29, 1.82) is 0 Å². The van der Waals surface area contributed by atoms with Gasteiger partial charge in [-0.05, 0) is 0 Å². The van der Waals surface area contributed by atoms with Crippen LogP contribution in [0.25, 0.3) is 0 Å². The Labute approximate surface area is 79.2 Å². The largest absolute Gasteiger partial charge is 0.394 e. The Hall–Kier alpha value is -0.570. The van der Waals surface area contributed by atoms with Gasteiger partial charge >= 0.3 is 0 Å². The SMILES string of the molecule is O=C1[C@H](O)O[C@H]([C@H](O)CO)[C@H](O)[C@H]1O. The molecule has 0 amide bonds. The van der Waals surface area contributed by atoms with E-state index in [0.717, 1.165) is 0 Å². The normalized spacial score (nSPS) is 41.1. The fourth-order valence-corrected chi connectivity index (χ4v) is 1.21. The third-order valence-electron chi connectivity index (χ3n) is 2.05. The zero-order valence-electron chi connectivity index (χ0n) is 7.15. The smallest absolute Gasteiger partial charge is 0.219 e. The van der Waals surface area contributed by atoms with E-state index in [1.807, 2.05) is 0 Å². The van der Waals surface area contributed by atoms with Crippen LogP contribution >= 0.6 is 0 Å². The number of carbonyl (C=O) groups excluding carboxylic acids is 1. The molecule has 1 fully saturated rings. The molecule has 0 aromatic heterocycles. The van der Waals surface area contributed by atoms with Crippen LogP contribution in [0, 0.1) is 0 Å². The molecule has 7 heteroatoms. The first-order chi connectivity index (χ1) is 6.49. The molecule has 82 valence electrons. The van der Waals surface area contributed by atoms with E-state index in [0.29, 0.717) is 0 Å². The van der Waals surface area contributed by atoms with Gasteiger partial charge in [0.15, 0.2) is 0 Å². The summed E-state index contributed by atoms with van der Waals surface area (Å²) >= 11 is 0.